The molecule has 3 rings (SSSR count). The van der Waals surface area contributed by atoms with Crippen molar-refractivity contribution in [1.82, 2.24) is 24.9 Å². The molecule has 0 saturated carbocycles. The molecular formula is C14H16N6S. The molecule has 0 amide bonds. The Morgan fingerprint density at radius 2 is 2.14 bits per heavy atom. The Morgan fingerprint density at radius 1 is 1.19 bits per heavy atom. The van der Waals surface area contributed by atoms with Crippen LogP contribution in [-0.2, 0) is 5.75 Å². The Hall–Kier alpha value is -2.15. The number of nitrogens with one attached hydrogen (secondary N) is 2. The van der Waals surface area contributed by atoms with Gasteiger partial charge in [-0.05, 0) is 18.1 Å². The van der Waals surface area contributed by atoms with Crippen LogP contribution in [0.4, 0.5) is 5.82 Å². The van der Waals surface area contributed by atoms with Crippen LogP contribution in [0.25, 0.3) is 11.2 Å². The number of anilines is 1. The van der Waals surface area contributed by atoms with Gasteiger partial charge in [-0.25, -0.2) is 19.9 Å². The minimum absolute atomic E-state index is 0.699. The van der Waals surface area contributed by atoms with E-state index in [1.807, 2.05) is 12.3 Å². The van der Waals surface area contributed by atoms with Crippen LogP contribution in [0, 0.1) is 0 Å². The fourth-order valence-electron chi connectivity index (χ4n) is 1.87. The fraction of sp³-hybridized carbons (Fsp3) is 0.286. The highest BCUT2D eigenvalue weighted by Gasteiger charge is 2.06. The van der Waals surface area contributed by atoms with Gasteiger partial charge in [0.15, 0.2) is 5.65 Å². The second kappa shape index (κ2) is 6.53. The Labute approximate surface area is 126 Å². The lowest BCUT2D eigenvalue weighted by atomic mass is 10.3. The Balaban J connectivity index is 1.66. The van der Waals surface area contributed by atoms with Crippen LogP contribution in [0.1, 0.15) is 18.9 Å². The maximum absolute atomic E-state index is 4.40. The average Bonchev–Trinajstić information content (AvgIpc) is 3.01. The first-order valence-corrected chi connectivity index (χ1v) is 7.81. The van der Waals surface area contributed by atoms with Gasteiger partial charge in [-0.2, -0.15) is 0 Å². The lowest BCUT2D eigenvalue weighted by Crippen LogP contribution is -2.01. The molecule has 6 nitrogen and oxygen atoms in total. The van der Waals surface area contributed by atoms with Crippen molar-refractivity contribution in [3.8, 4) is 0 Å². The van der Waals surface area contributed by atoms with Gasteiger partial charge in [-0.1, -0.05) is 24.8 Å². The molecule has 3 aromatic heterocycles. The van der Waals surface area contributed by atoms with E-state index in [9.17, 15) is 0 Å². The average molecular weight is 300 g/mol. The maximum atomic E-state index is 4.40. The smallest absolute Gasteiger partial charge is 0.181 e. The third-order valence-corrected chi connectivity index (χ3v) is 4.01. The van der Waals surface area contributed by atoms with Crippen molar-refractivity contribution >= 4 is 28.7 Å². The van der Waals surface area contributed by atoms with Crippen LogP contribution in [-0.4, -0.2) is 31.5 Å². The van der Waals surface area contributed by atoms with E-state index >= 15 is 0 Å². The third kappa shape index (κ3) is 3.30. The summed E-state index contributed by atoms with van der Waals surface area (Å²) in [6.45, 7) is 3.08. The summed E-state index contributed by atoms with van der Waals surface area (Å²) in [7, 11) is 0. The van der Waals surface area contributed by atoms with Crippen molar-refractivity contribution in [2.45, 2.75) is 24.1 Å². The van der Waals surface area contributed by atoms with Gasteiger partial charge in [0.2, 0.25) is 0 Å². The monoisotopic (exact) mass is 300 g/mol. The zero-order valence-electron chi connectivity index (χ0n) is 11.7. The number of rotatable bonds is 6. The molecule has 3 aromatic rings. The molecule has 0 aliphatic heterocycles. The summed E-state index contributed by atoms with van der Waals surface area (Å²) in [4.78, 5) is 20.0. The predicted octanol–water partition coefficient (Wildman–Crippen LogP) is 2.86. The summed E-state index contributed by atoms with van der Waals surface area (Å²) in [5.41, 5.74) is 2.75. The molecule has 0 aromatic carbocycles. The van der Waals surface area contributed by atoms with Crippen molar-refractivity contribution in [2.75, 3.05) is 11.9 Å². The van der Waals surface area contributed by atoms with Crippen molar-refractivity contribution in [2.24, 2.45) is 0 Å². The number of aromatic nitrogens is 5. The minimum Gasteiger partial charge on any atom is -0.370 e. The number of thioether (sulfide) groups is 1. The number of H-pyrrole nitrogens is 1. The molecule has 108 valence electrons. The molecule has 0 spiro atoms. The van der Waals surface area contributed by atoms with Crippen LogP contribution < -0.4 is 5.32 Å². The molecule has 21 heavy (non-hydrogen) atoms. The maximum Gasteiger partial charge on any atom is 0.181 e. The molecule has 0 radical (unpaired) electrons. The summed E-state index contributed by atoms with van der Waals surface area (Å²) in [5, 5.41) is 4.17. The van der Waals surface area contributed by atoms with Gasteiger partial charge in [-0.3, -0.25) is 0 Å². The Bertz CT molecular complexity index is 709. The molecule has 0 saturated heterocycles. The summed E-state index contributed by atoms with van der Waals surface area (Å²) in [5.74, 6) is 1.73. The van der Waals surface area contributed by atoms with Crippen LogP contribution >= 0.6 is 11.8 Å². The first kappa shape index (κ1) is 13.8. The van der Waals surface area contributed by atoms with Crippen molar-refractivity contribution in [3.63, 3.8) is 0 Å². The molecular weight excluding hydrogens is 284 g/mol. The number of hydrogen-bond donors (Lipinski definition) is 2. The Morgan fingerprint density at radius 3 is 2.95 bits per heavy atom. The number of pyridine rings is 1. The number of fused-ring (bicyclic) bond motifs is 1. The molecule has 3 heterocycles. The Kier molecular flexibility index (Phi) is 4.30. The van der Waals surface area contributed by atoms with Gasteiger partial charge in [0.1, 0.15) is 22.7 Å². The van der Waals surface area contributed by atoms with Gasteiger partial charge in [0.25, 0.3) is 0 Å². The van der Waals surface area contributed by atoms with Crippen LogP contribution in [0.5, 0.6) is 0 Å². The zero-order valence-corrected chi connectivity index (χ0v) is 12.5. The fourth-order valence-corrected chi connectivity index (χ4v) is 2.76. The normalized spacial score (nSPS) is 10.9. The highest BCUT2D eigenvalue weighted by molar-refractivity contribution is 7.98. The molecule has 0 unspecified atom stereocenters. The van der Waals surface area contributed by atoms with Crippen molar-refractivity contribution in [3.05, 3.63) is 36.5 Å². The predicted molar refractivity (Wildman–Crippen MR) is 84.3 cm³/mol. The van der Waals surface area contributed by atoms with Gasteiger partial charge in [0.05, 0.1) is 6.33 Å². The third-order valence-electron chi connectivity index (χ3n) is 2.94. The van der Waals surface area contributed by atoms with Crippen molar-refractivity contribution < 1.29 is 0 Å². The first-order valence-electron chi connectivity index (χ1n) is 6.82. The van der Waals surface area contributed by atoms with Crippen LogP contribution in [0.3, 0.4) is 0 Å². The van der Waals surface area contributed by atoms with E-state index in [2.05, 4.69) is 43.2 Å². The van der Waals surface area contributed by atoms with E-state index in [0.717, 1.165) is 40.6 Å². The lowest BCUT2D eigenvalue weighted by Gasteiger charge is -2.05. The largest absolute Gasteiger partial charge is 0.370 e. The topological polar surface area (TPSA) is 79.4 Å². The molecule has 7 heteroatoms. The van der Waals surface area contributed by atoms with Crippen LogP contribution in [0.15, 0.2) is 36.0 Å². The lowest BCUT2D eigenvalue weighted by molar-refractivity contribution is 0.968. The molecule has 0 fully saturated rings. The van der Waals surface area contributed by atoms with Gasteiger partial charge >= 0.3 is 0 Å². The standard InChI is InChI=1S/C14H16N6S/c1-2-5-15-11-4-3-10(6-16-11)7-21-14-12-13(18-8-17-12)19-9-20-14/h3-4,6,8-9H,2,5,7H2,1H3,(H,15,16)(H,17,18,19,20). The van der Waals surface area contributed by atoms with Crippen molar-refractivity contribution in [1.29, 1.82) is 0 Å². The van der Waals surface area contributed by atoms with E-state index < -0.39 is 0 Å². The van der Waals surface area contributed by atoms with Gasteiger partial charge < -0.3 is 10.3 Å². The molecule has 0 aliphatic rings. The number of imidazole rings is 1. The number of hydrogen-bond acceptors (Lipinski definition) is 6. The molecule has 2 N–H and O–H groups in total. The summed E-state index contributed by atoms with van der Waals surface area (Å²) >= 11 is 1.65. The second-order valence-corrected chi connectivity index (χ2v) is 5.51. The van der Waals surface area contributed by atoms with E-state index in [1.54, 1.807) is 24.4 Å². The quantitative estimate of drug-likeness (QED) is 0.538. The van der Waals surface area contributed by atoms with Crippen LogP contribution in [0.2, 0.25) is 0 Å². The van der Waals surface area contributed by atoms with E-state index in [1.165, 1.54) is 0 Å². The summed E-state index contributed by atoms with van der Waals surface area (Å²) in [6, 6.07) is 4.10. The second-order valence-electron chi connectivity index (χ2n) is 4.55. The minimum atomic E-state index is 0.699. The zero-order chi connectivity index (χ0) is 14.5. The molecule has 0 aliphatic carbocycles. The van der Waals surface area contributed by atoms with E-state index in [0.29, 0.717) is 5.65 Å². The highest BCUT2D eigenvalue weighted by atomic mass is 32.2. The molecule has 0 atom stereocenters. The first-order chi connectivity index (χ1) is 10.4. The summed E-state index contributed by atoms with van der Waals surface area (Å²) < 4.78 is 0. The number of aromatic amines is 1. The highest BCUT2D eigenvalue weighted by Crippen LogP contribution is 2.25. The van der Waals surface area contributed by atoms with Gasteiger partial charge in [-0.15, -0.1) is 0 Å². The molecule has 0 bridgehead atoms. The summed E-state index contributed by atoms with van der Waals surface area (Å²) in [6.07, 6.45) is 6.17. The van der Waals surface area contributed by atoms with Gasteiger partial charge in [0, 0.05) is 18.5 Å². The van der Waals surface area contributed by atoms with E-state index in [-0.39, 0.29) is 0 Å². The SMILES string of the molecule is CCCNc1ccc(CSc2ncnc3nc[nH]c23)cn1. The van der Waals surface area contributed by atoms with E-state index in [4.69, 9.17) is 0 Å². The number of nitrogens with zero attached hydrogens (tertiary/aromatic N) is 4.